The average molecular weight is 287 g/mol. The fraction of sp³-hybridized carbons (Fsp3) is 0.846. The molecule has 1 aliphatic heterocycles. The van der Waals surface area contributed by atoms with Crippen LogP contribution in [-0.2, 0) is 19.1 Å². The van der Waals surface area contributed by atoms with Crippen molar-refractivity contribution in [3.8, 4) is 0 Å². The lowest BCUT2D eigenvalue weighted by atomic mass is 9.96. The van der Waals surface area contributed by atoms with Crippen molar-refractivity contribution in [3.05, 3.63) is 0 Å². The van der Waals surface area contributed by atoms with Crippen LogP contribution in [0.4, 0.5) is 0 Å². The largest absolute Gasteiger partial charge is 0.379 e. The molecule has 1 fully saturated rings. The first-order valence-electron chi connectivity index (χ1n) is 7.06. The van der Waals surface area contributed by atoms with Gasteiger partial charge in [0, 0.05) is 25.6 Å². The van der Waals surface area contributed by atoms with Gasteiger partial charge in [0.2, 0.25) is 11.8 Å². The molecule has 0 radical (unpaired) electrons. The predicted molar refractivity (Wildman–Crippen MR) is 73.5 cm³/mol. The minimum atomic E-state index is -0.154. The van der Waals surface area contributed by atoms with Crippen LogP contribution in [-0.4, -0.2) is 55.7 Å². The maximum atomic E-state index is 12.0. The third kappa shape index (κ3) is 5.44. The number of hydrazine groups is 1. The van der Waals surface area contributed by atoms with Crippen LogP contribution in [0.1, 0.15) is 26.7 Å². The van der Waals surface area contributed by atoms with Crippen molar-refractivity contribution < 1.29 is 19.1 Å². The number of nitrogens with zero attached hydrogens (tertiary/aromatic N) is 1. The summed E-state index contributed by atoms with van der Waals surface area (Å²) >= 11 is 0. The van der Waals surface area contributed by atoms with Gasteiger partial charge in [-0.15, -0.1) is 0 Å². The van der Waals surface area contributed by atoms with Gasteiger partial charge in [0.1, 0.15) is 6.61 Å². The van der Waals surface area contributed by atoms with Gasteiger partial charge < -0.3 is 14.4 Å². The first kappa shape index (κ1) is 16.9. The third-order valence-electron chi connectivity index (χ3n) is 3.41. The molecule has 0 aromatic rings. The lowest BCUT2D eigenvalue weighted by Gasteiger charge is -2.31. The minimum Gasteiger partial charge on any atom is -0.379 e. The van der Waals surface area contributed by atoms with E-state index in [-0.39, 0.29) is 30.4 Å². The van der Waals surface area contributed by atoms with Gasteiger partial charge >= 0.3 is 0 Å². The maximum Gasteiger partial charge on any atom is 0.248 e. The number of piperidine rings is 1. The summed E-state index contributed by atoms with van der Waals surface area (Å²) in [7, 11) is 0. The molecule has 1 atom stereocenters. The normalized spacial score (nSPS) is 17.9. The fourth-order valence-electron chi connectivity index (χ4n) is 2.15. The Balaban J connectivity index is 2.24. The zero-order chi connectivity index (χ0) is 15.0. The molecule has 116 valence electrons. The van der Waals surface area contributed by atoms with Gasteiger partial charge in [-0.1, -0.05) is 0 Å². The molecule has 1 rings (SSSR count). The van der Waals surface area contributed by atoms with Crippen LogP contribution in [0.3, 0.4) is 0 Å². The molecular weight excluding hydrogens is 262 g/mol. The number of nitrogens with two attached hydrogens (primary N) is 1. The van der Waals surface area contributed by atoms with Crippen LogP contribution in [0.2, 0.25) is 0 Å². The SMILES string of the molecule is CCOCC(C)OCC(=O)N1CCC(C(=O)NN)CC1. The van der Waals surface area contributed by atoms with E-state index >= 15 is 0 Å². The van der Waals surface area contributed by atoms with E-state index in [1.54, 1.807) is 4.90 Å². The van der Waals surface area contributed by atoms with E-state index in [0.29, 0.717) is 39.1 Å². The van der Waals surface area contributed by atoms with Crippen molar-refractivity contribution in [2.24, 2.45) is 11.8 Å². The molecule has 1 saturated heterocycles. The van der Waals surface area contributed by atoms with E-state index in [1.807, 2.05) is 13.8 Å². The monoisotopic (exact) mass is 287 g/mol. The number of amides is 2. The summed E-state index contributed by atoms with van der Waals surface area (Å²) < 4.78 is 10.7. The lowest BCUT2D eigenvalue weighted by Crippen LogP contribution is -2.45. The molecule has 7 nitrogen and oxygen atoms in total. The second-order valence-electron chi connectivity index (χ2n) is 4.94. The second kappa shape index (κ2) is 8.89. The van der Waals surface area contributed by atoms with Crippen LogP contribution < -0.4 is 11.3 Å². The van der Waals surface area contributed by atoms with Crippen molar-refractivity contribution in [3.63, 3.8) is 0 Å². The molecule has 2 amide bonds. The van der Waals surface area contributed by atoms with Crippen LogP contribution in [0.5, 0.6) is 0 Å². The molecule has 1 aliphatic rings. The van der Waals surface area contributed by atoms with Crippen molar-refractivity contribution in [2.75, 3.05) is 32.9 Å². The lowest BCUT2D eigenvalue weighted by molar-refractivity contribution is -0.142. The van der Waals surface area contributed by atoms with Crippen molar-refractivity contribution >= 4 is 11.8 Å². The van der Waals surface area contributed by atoms with Gasteiger partial charge in [0.15, 0.2) is 0 Å². The number of carbonyl (C=O) groups is 2. The number of carbonyl (C=O) groups excluding carboxylic acids is 2. The van der Waals surface area contributed by atoms with Gasteiger partial charge in [0.05, 0.1) is 12.7 Å². The molecule has 0 aromatic heterocycles. The van der Waals surface area contributed by atoms with E-state index in [2.05, 4.69) is 5.43 Å². The fourth-order valence-corrected chi connectivity index (χ4v) is 2.15. The highest BCUT2D eigenvalue weighted by Gasteiger charge is 2.26. The molecule has 1 unspecified atom stereocenters. The second-order valence-corrected chi connectivity index (χ2v) is 4.94. The Morgan fingerprint density at radius 1 is 1.40 bits per heavy atom. The topological polar surface area (TPSA) is 93.9 Å². The molecule has 1 heterocycles. The average Bonchev–Trinajstić information content (AvgIpc) is 2.49. The molecule has 0 saturated carbocycles. The molecule has 7 heteroatoms. The maximum absolute atomic E-state index is 12.0. The Labute approximate surface area is 119 Å². The van der Waals surface area contributed by atoms with E-state index < -0.39 is 0 Å². The Hall–Kier alpha value is -1.18. The highest BCUT2D eigenvalue weighted by molar-refractivity contribution is 5.80. The number of hydrogen-bond donors (Lipinski definition) is 2. The molecule has 0 aliphatic carbocycles. The van der Waals surface area contributed by atoms with Crippen LogP contribution in [0.15, 0.2) is 0 Å². The van der Waals surface area contributed by atoms with Crippen molar-refractivity contribution in [1.82, 2.24) is 10.3 Å². The Morgan fingerprint density at radius 2 is 2.05 bits per heavy atom. The van der Waals surface area contributed by atoms with Gasteiger partial charge in [-0.3, -0.25) is 15.0 Å². The van der Waals surface area contributed by atoms with Crippen LogP contribution in [0.25, 0.3) is 0 Å². The summed E-state index contributed by atoms with van der Waals surface area (Å²) in [6.07, 6.45) is 1.19. The number of hydrogen-bond acceptors (Lipinski definition) is 5. The Kier molecular flexibility index (Phi) is 7.50. The van der Waals surface area contributed by atoms with Crippen LogP contribution >= 0.6 is 0 Å². The molecule has 3 N–H and O–H groups in total. The van der Waals surface area contributed by atoms with E-state index in [0.717, 1.165) is 0 Å². The predicted octanol–water partition coefficient (Wildman–Crippen LogP) is -0.343. The van der Waals surface area contributed by atoms with Crippen molar-refractivity contribution in [1.29, 1.82) is 0 Å². The highest BCUT2D eigenvalue weighted by Crippen LogP contribution is 2.17. The third-order valence-corrected chi connectivity index (χ3v) is 3.41. The first-order valence-corrected chi connectivity index (χ1v) is 7.06. The van der Waals surface area contributed by atoms with E-state index in [1.165, 1.54) is 0 Å². The summed E-state index contributed by atoms with van der Waals surface area (Å²) in [4.78, 5) is 25.1. The molecule has 20 heavy (non-hydrogen) atoms. The molecule has 0 bridgehead atoms. The summed E-state index contributed by atoms with van der Waals surface area (Å²) in [5, 5.41) is 0. The van der Waals surface area contributed by atoms with Crippen molar-refractivity contribution in [2.45, 2.75) is 32.8 Å². The summed E-state index contributed by atoms with van der Waals surface area (Å²) in [5.74, 6) is 4.82. The molecule has 0 spiro atoms. The van der Waals surface area contributed by atoms with E-state index in [4.69, 9.17) is 15.3 Å². The van der Waals surface area contributed by atoms with Gasteiger partial charge in [-0.25, -0.2) is 5.84 Å². The Bertz CT molecular complexity index is 317. The standard InChI is InChI=1S/C13H25N3O4/c1-3-19-8-10(2)20-9-12(17)16-6-4-11(5-7-16)13(18)15-14/h10-11H,3-9,14H2,1-2H3,(H,15,18). The van der Waals surface area contributed by atoms with E-state index in [9.17, 15) is 9.59 Å². The van der Waals surface area contributed by atoms with Gasteiger partial charge in [0.25, 0.3) is 0 Å². The minimum absolute atomic E-state index is 0.0417. The summed E-state index contributed by atoms with van der Waals surface area (Å²) in [6.45, 7) is 6.11. The van der Waals surface area contributed by atoms with Crippen LogP contribution in [0, 0.1) is 5.92 Å². The first-order chi connectivity index (χ1) is 9.58. The Morgan fingerprint density at radius 3 is 2.60 bits per heavy atom. The molecule has 0 aromatic carbocycles. The van der Waals surface area contributed by atoms with Gasteiger partial charge in [-0.05, 0) is 26.7 Å². The summed E-state index contributed by atoms with van der Waals surface area (Å²) in [6, 6.07) is 0. The number of ether oxygens (including phenoxy) is 2. The number of rotatable bonds is 7. The zero-order valence-electron chi connectivity index (χ0n) is 12.3. The zero-order valence-corrected chi connectivity index (χ0v) is 12.3. The highest BCUT2D eigenvalue weighted by atomic mass is 16.5. The van der Waals surface area contributed by atoms with Gasteiger partial charge in [-0.2, -0.15) is 0 Å². The number of nitrogens with one attached hydrogen (secondary N) is 1. The number of likely N-dealkylation sites (tertiary alicyclic amines) is 1. The quantitative estimate of drug-likeness (QED) is 0.379. The summed E-state index contributed by atoms with van der Waals surface area (Å²) in [5.41, 5.74) is 2.16. The smallest absolute Gasteiger partial charge is 0.248 e. The molecular formula is C13H25N3O4.